The van der Waals surface area contributed by atoms with Gasteiger partial charge in [0.25, 0.3) is 5.91 Å². The van der Waals surface area contributed by atoms with Gasteiger partial charge in [-0.25, -0.2) is 4.98 Å². The van der Waals surface area contributed by atoms with E-state index in [1.165, 1.54) is 5.56 Å². The minimum absolute atomic E-state index is 0.0770. The van der Waals surface area contributed by atoms with E-state index in [0.29, 0.717) is 13.1 Å². The van der Waals surface area contributed by atoms with Crippen LogP contribution >= 0.6 is 0 Å². The average Bonchev–Trinajstić information content (AvgIpc) is 3.17. The maximum Gasteiger partial charge on any atom is 0.254 e. The molecule has 2 N–H and O–H groups in total. The highest BCUT2D eigenvalue weighted by molar-refractivity contribution is 5.94. The van der Waals surface area contributed by atoms with Crippen LogP contribution in [0, 0.1) is 0 Å². The highest BCUT2D eigenvalue weighted by Gasteiger charge is 2.26. The number of hydrogen-bond acceptors (Lipinski definition) is 4. The molecule has 3 heterocycles. The molecule has 0 saturated carbocycles. The number of fused-ring (bicyclic) bond motifs is 1. The van der Waals surface area contributed by atoms with Gasteiger partial charge in [-0.1, -0.05) is 12.1 Å². The van der Waals surface area contributed by atoms with Crippen LogP contribution in [0.4, 0.5) is 0 Å². The number of rotatable bonds is 5. The monoisotopic (exact) mass is 378 g/mol. The third kappa shape index (κ3) is 4.08. The van der Waals surface area contributed by atoms with E-state index in [1.807, 2.05) is 67.5 Å². The lowest BCUT2D eigenvalue weighted by Gasteiger charge is -2.35. The number of ether oxygens (including phenoxy) is 1. The van der Waals surface area contributed by atoms with Gasteiger partial charge in [-0.2, -0.15) is 0 Å². The van der Waals surface area contributed by atoms with Crippen molar-refractivity contribution in [3.63, 3.8) is 0 Å². The first-order chi connectivity index (χ1) is 13.6. The summed E-state index contributed by atoms with van der Waals surface area (Å²) in [6.07, 6.45) is 3.89. The van der Waals surface area contributed by atoms with Gasteiger partial charge in [0, 0.05) is 49.5 Å². The topological polar surface area (TPSA) is 70.2 Å². The van der Waals surface area contributed by atoms with Gasteiger partial charge in [0.2, 0.25) is 0 Å². The normalized spacial score (nSPS) is 19.9. The van der Waals surface area contributed by atoms with Crippen molar-refractivity contribution in [2.24, 2.45) is 0 Å². The van der Waals surface area contributed by atoms with E-state index in [-0.39, 0.29) is 18.1 Å². The Bertz CT molecular complexity index is 941. The molecule has 4 rings (SSSR count). The number of aromatic amines is 1. The summed E-state index contributed by atoms with van der Waals surface area (Å²) < 4.78 is 5.72. The van der Waals surface area contributed by atoms with Crippen molar-refractivity contribution >= 4 is 16.9 Å². The van der Waals surface area contributed by atoms with Crippen LogP contribution in [0.25, 0.3) is 11.0 Å². The standard InChI is InChI=1S/C22H26N4O2/c1-15-13-26(14-16(2)28-15)22(27)18-5-3-17(4-6-18)11-23-12-19-7-9-24-21-20(19)8-10-25-21/h3-10,15-16,23H,11-14H2,1-2H3,(H,24,25). The lowest BCUT2D eigenvalue weighted by atomic mass is 10.1. The van der Waals surface area contributed by atoms with Gasteiger partial charge in [-0.3, -0.25) is 4.79 Å². The van der Waals surface area contributed by atoms with Crippen LogP contribution < -0.4 is 5.32 Å². The average molecular weight is 378 g/mol. The number of benzene rings is 1. The SMILES string of the molecule is CC1CN(C(=O)c2ccc(CNCc3ccnc4[nH]ccc34)cc2)CC(C)O1. The fourth-order valence-corrected chi connectivity index (χ4v) is 3.81. The molecule has 1 amide bonds. The zero-order chi connectivity index (χ0) is 19.5. The Morgan fingerprint density at radius 1 is 1.14 bits per heavy atom. The van der Waals surface area contributed by atoms with Gasteiger partial charge < -0.3 is 19.9 Å². The van der Waals surface area contributed by atoms with Crippen molar-refractivity contribution in [3.05, 3.63) is 65.5 Å². The van der Waals surface area contributed by atoms with Crippen molar-refractivity contribution in [2.45, 2.75) is 39.1 Å². The molecule has 2 atom stereocenters. The summed E-state index contributed by atoms with van der Waals surface area (Å²) in [5.74, 6) is 0.0770. The fraction of sp³-hybridized carbons (Fsp3) is 0.364. The number of carbonyl (C=O) groups is 1. The Hall–Kier alpha value is -2.70. The number of amides is 1. The smallest absolute Gasteiger partial charge is 0.254 e. The van der Waals surface area contributed by atoms with E-state index in [9.17, 15) is 4.79 Å². The number of H-pyrrole nitrogens is 1. The summed E-state index contributed by atoms with van der Waals surface area (Å²) in [7, 11) is 0. The Labute approximate surface area is 164 Å². The van der Waals surface area contributed by atoms with Crippen molar-refractivity contribution in [1.82, 2.24) is 20.2 Å². The highest BCUT2D eigenvalue weighted by Crippen LogP contribution is 2.16. The predicted molar refractivity (Wildman–Crippen MR) is 109 cm³/mol. The van der Waals surface area contributed by atoms with Crippen LogP contribution in [0.3, 0.4) is 0 Å². The van der Waals surface area contributed by atoms with Crippen LogP contribution in [0.5, 0.6) is 0 Å². The molecule has 2 aromatic heterocycles. The summed E-state index contributed by atoms with van der Waals surface area (Å²) in [5.41, 5.74) is 4.01. The molecule has 1 aliphatic rings. The Morgan fingerprint density at radius 2 is 1.89 bits per heavy atom. The molecule has 0 bridgehead atoms. The number of nitrogens with one attached hydrogen (secondary N) is 2. The Kier molecular flexibility index (Phi) is 5.41. The molecule has 1 aliphatic heterocycles. The van der Waals surface area contributed by atoms with Crippen molar-refractivity contribution in [2.75, 3.05) is 13.1 Å². The highest BCUT2D eigenvalue weighted by atomic mass is 16.5. The molecule has 0 aliphatic carbocycles. The third-order valence-corrected chi connectivity index (χ3v) is 5.10. The van der Waals surface area contributed by atoms with Crippen LogP contribution in [0.1, 0.15) is 35.3 Å². The van der Waals surface area contributed by atoms with Crippen LogP contribution in [-0.2, 0) is 17.8 Å². The first kappa shape index (κ1) is 18.7. The maximum absolute atomic E-state index is 12.7. The first-order valence-corrected chi connectivity index (χ1v) is 9.75. The van der Waals surface area contributed by atoms with E-state index in [0.717, 1.165) is 35.2 Å². The predicted octanol–water partition coefficient (Wildman–Crippen LogP) is 3.10. The number of hydrogen-bond donors (Lipinski definition) is 2. The minimum atomic E-state index is 0.0770. The van der Waals surface area contributed by atoms with Gasteiger partial charge >= 0.3 is 0 Å². The zero-order valence-electron chi connectivity index (χ0n) is 16.3. The number of nitrogens with zero attached hydrogens (tertiary/aromatic N) is 2. The second kappa shape index (κ2) is 8.12. The molecule has 1 aromatic carbocycles. The molecule has 3 aromatic rings. The summed E-state index contributed by atoms with van der Waals surface area (Å²) in [5, 5.41) is 4.61. The number of morpholine rings is 1. The summed E-state index contributed by atoms with van der Waals surface area (Å²) in [6.45, 7) is 6.82. The molecule has 6 heteroatoms. The second-order valence-corrected chi connectivity index (χ2v) is 7.48. The first-order valence-electron chi connectivity index (χ1n) is 9.75. The molecule has 28 heavy (non-hydrogen) atoms. The lowest BCUT2D eigenvalue weighted by molar-refractivity contribution is -0.0586. The Balaban J connectivity index is 1.34. The molecule has 0 radical (unpaired) electrons. The zero-order valence-corrected chi connectivity index (χ0v) is 16.3. The summed E-state index contributed by atoms with van der Waals surface area (Å²) >= 11 is 0. The molecule has 1 saturated heterocycles. The van der Waals surface area contributed by atoms with Crippen LogP contribution in [0.15, 0.2) is 48.8 Å². The maximum atomic E-state index is 12.7. The van der Waals surface area contributed by atoms with E-state index >= 15 is 0 Å². The van der Waals surface area contributed by atoms with E-state index in [4.69, 9.17) is 4.74 Å². The van der Waals surface area contributed by atoms with Gasteiger partial charge in [-0.05, 0) is 49.2 Å². The third-order valence-electron chi connectivity index (χ3n) is 5.10. The molecule has 0 spiro atoms. The van der Waals surface area contributed by atoms with Crippen molar-refractivity contribution in [1.29, 1.82) is 0 Å². The molecule has 6 nitrogen and oxygen atoms in total. The van der Waals surface area contributed by atoms with E-state index in [2.05, 4.69) is 15.3 Å². The molecule has 1 fully saturated rings. The second-order valence-electron chi connectivity index (χ2n) is 7.48. The Morgan fingerprint density at radius 3 is 2.64 bits per heavy atom. The minimum Gasteiger partial charge on any atom is -0.372 e. The van der Waals surface area contributed by atoms with Crippen LogP contribution in [0.2, 0.25) is 0 Å². The molecule has 146 valence electrons. The summed E-state index contributed by atoms with van der Waals surface area (Å²) in [4.78, 5) is 22.1. The van der Waals surface area contributed by atoms with Gasteiger partial charge in [0.05, 0.1) is 12.2 Å². The molecule has 2 unspecified atom stereocenters. The molecular weight excluding hydrogens is 352 g/mol. The number of aromatic nitrogens is 2. The lowest BCUT2D eigenvalue weighted by Crippen LogP contribution is -2.48. The fourth-order valence-electron chi connectivity index (χ4n) is 3.81. The van der Waals surface area contributed by atoms with E-state index in [1.54, 1.807) is 0 Å². The van der Waals surface area contributed by atoms with Gasteiger partial charge in [0.1, 0.15) is 5.65 Å². The van der Waals surface area contributed by atoms with Crippen LogP contribution in [-0.4, -0.2) is 46.1 Å². The number of pyridine rings is 1. The summed E-state index contributed by atoms with van der Waals surface area (Å²) in [6, 6.07) is 12.0. The van der Waals surface area contributed by atoms with Gasteiger partial charge in [0.15, 0.2) is 0 Å². The molecular formula is C22H26N4O2. The largest absolute Gasteiger partial charge is 0.372 e. The number of carbonyl (C=O) groups excluding carboxylic acids is 1. The van der Waals surface area contributed by atoms with Crippen molar-refractivity contribution in [3.8, 4) is 0 Å². The quantitative estimate of drug-likeness (QED) is 0.716. The van der Waals surface area contributed by atoms with Gasteiger partial charge in [-0.15, -0.1) is 0 Å². The van der Waals surface area contributed by atoms with Crippen molar-refractivity contribution < 1.29 is 9.53 Å². The van der Waals surface area contributed by atoms with E-state index < -0.39 is 0 Å².